The molecule has 0 N–H and O–H groups in total. The lowest BCUT2D eigenvalue weighted by atomic mass is 10.4. The van der Waals surface area contributed by atoms with Crippen LogP contribution in [0, 0.1) is 6.92 Å². The average molecular weight is 226 g/mol. The summed E-state index contributed by atoms with van der Waals surface area (Å²) in [6, 6.07) is 0. The van der Waals surface area contributed by atoms with E-state index in [-0.39, 0.29) is 13.0 Å². The summed E-state index contributed by atoms with van der Waals surface area (Å²) in [5, 5.41) is 3.41. The lowest BCUT2D eigenvalue weighted by Crippen LogP contribution is -2.38. The van der Waals surface area contributed by atoms with Crippen molar-refractivity contribution in [2.75, 3.05) is 6.67 Å². The highest BCUT2D eigenvalue weighted by Crippen LogP contribution is 2.25. The van der Waals surface area contributed by atoms with Crippen molar-refractivity contribution in [3.05, 3.63) is 11.6 Å². The highest BCUT2D eigenvalue weighted by atomic mass is 19.4. The Morgan fingerprint density at radius 3 is 2.40 bits per heavy atom. The van der Waals surface area contributed by atoms with Gasteiger partial charge in [-0.25, -0.2) is 4.57 Å². The Morgan fingerprint density at radius 1 is 1.40 bits per heavy atom. The van der Waals surface area contributed by atoms with Gasteiger partial charge in [0.25, 0.3) is 0 Å². The molecule has 0 aliphatic heterocycles. The van der Waals surface area contributed by atoms with Crippen molar-refractivity contribution in [2.45, 2.75) is 26.1 Å². The molecule has 1 aromatic rings. The number of hydrogen-bond donors (Lipinski definition) is 0. The SMILES string of the molecule is Cc1n(CCCF)nc(C(F)(F)F)[n+]1C. The molecule has 0 fully saturated rings. The van der Waals surface area contributed by atoms with E-state index in [2.05, 4.69) is 5.10 Å². The van der Waals surface area contributed by atoms with Gasteiger partial charge in [0.1, 0.15) is 6.54 Å². The first-order chi connectivity index (χ1) is 6.88. The van der Waals surface area contributed by atoms with E-state index in [0.717, 1.165) is 4.57 Å². The minimum absolute atomic E-state index is 0.159. The normalized spacial score (nSPS) is 12.1. The number of rotatable bonds is 3. The van der Waals surface area contributed by atoms with Crippen LogP contribution in [-0.2, 0) is 19.8 Å². The minimum atomic E-state index is -4.47. The van der Waals surface area contributed by atoms with Crippen molar-refractivity contribution in [3.63, 3.8) is 0 Å². The zero-order valence-corrected chi connectivity index (χ0v) is 8.47. The molecule has 1 rings (SSSR count). The molecule has 0 amide bonds. The monoisotopic (exact) mass is 226 g/mol. The molecule has 0 aliphatic carbocycles. The van der Waals surface area contributed by atoms with Gasteiger partial charge in [-0.1, -0.05) is 0 Å². The minimum Gasteiger partial charge on any atom is -0.251 e. The molecule has 15 heavy (non-hydrogen) atoms. The van der Waals surface area contributed by atoms with Gasteiger partial charge < -0.3 is 0 Å². The molecule has 0 saturated heterocycles. The van der Waals surface area contributed by atoms with Crippen LogP contribution in [0.5, 0.6) is 0 Å². The van der Waals surface area contributed by atoms with Crippen molar-refractivity contribution in [1.82, 2.24) is 9.78 Å². The standard InChI is InChI=1S/C8H12F4N3/c1-6-14(2)7(8(10,11)12)13-15(6)5-3-4-9/h3-5H2,1-2H3/q+1. The number of nitrogens with zero attached hydrogens (tertiary/aromatic N) is 3. The van der Waals surface area contributed by atoms with E-state index in [1.807, 2.05) is 0 Å². The molecule has 0 bridgehead atoms. The zero-order chi connectivity index (χ0) is 11.6. The van der Waals surface area contributed by atoms with E-state index in [4.69, 9.17) is 0 Å². The molecular weight excluding hydrogens is 214 g/mol. The molecule has 0 aromatic carbocycles. The fraction of sp³-hybridized carbons (Fsp3) is 0.750. The van der Waals surface area contributed by atoms with E-state index < -0.39 is 18.7 Å². The Morgan fingerprint density at radius 2 is 2.00 bits per heavy atom. The predicted molar refractivity (Wildman–Crippen MR) is 43.7 cm³/mol. The van der Waals surface area contributed by atoms with E-state index >= 15 is 0 Å². The fourth-order valence-electron chi connectivity index (χ4n) is 1.25. The molecule has 3 nitrogen and oxygen atoms in total. The average Bonchev–Trinajstić information content (AvgIpc) is 2.41. The number of aryl methyl sites for hydroxylation is 1. The molecule has 0 saturated carbocycles. The van der Waals surface area contributed by atoms with Crippen LogP contribution in [0.2, 0.25) is 0 Å². The van der Waals surface area contributed by atoms with E-state index in [9.17, 15) is 17.6 Å². The topological polar surface area (TPSA) is 21.7 Å². The van der Waals surface area contributed by atoms with Crippen molar-refractivity contribution in [2.24, 2.45) is 7.05 Å². The van der Waals surface area contributed by atoms with Crippen molar-refractivity contribution >= 4 is 0 Å². The van der Waals surface area contributed by atoms with Crippen LogP contribution in [-0.4, -0.2) is 16.5 Å². The first kappa shape index (κ1) is 11.9. The van der Waals surface area contributed by atoms with Gasteiger partial charge in [0.05, 0.1) is 18.8 Å². The summed E-state index contributed by atoms with van der Waals surface area (Å²) in [6.07, 6.45) is -4.31. The van der Waals surface area contributed by atoms with Crippen molar-refractivity contribution in [3.8, 4) is 0 Å². The Balaban J connectivity index is 3.02. The summed E-state index contributed by atoms with van der Waals surface area (Å²) >= 11 is 0. The molecule has 0 radical (unpaired) electrons. The van der Waals surface area contributed by atoms with E-state index in [1.54, 1.807) is 0 Å². The summed E-state index contributed by atoms with van der Waals surface area (Å²) in [5.41, 5.74) is 0. The maximum Gasteiger partial charge on any atom is 0.485 e. The van der Waals surface area contributed by atoms with Gasteiger partial charge in [-0.2, -0.15) is 13.2 Å². The van der Waals surface area contributed by atoms with Gasteiger partial charge in [0.2, 0.25) is 5.82 Å². The first-order valence-electron chi connectivity index (χ1n) is 4.44. The third-order valence-electron chi connectivity index (χ3n) is 2.15. The third-order valence-corrected chi connectivity index (χ3v) is 2.15. The van der Waals surface area contributed by atoms with Gasteiger partial charge >= 0.3 is 12.0 Å². The Labute approximate surface area is 84.3 Å². The second-order valence-electron chi connectivity index (χ2n) is 3.19. The summed E-state index contributed by atoms with van der Waals surface area (Å²) in [7, 11) is 1.29. The van der Waals surface area contributed by atoms with Gasteiger partial charge in [0.15, 0.2) is 0 Å². The second-order valence-corrected chi connectivity index (χ2v) is 3.19. The number of hydrogen-bond acceptors (Lipinski definition) is 1. The third kappa shape index (κ3) is 2.45. The Kier molecular flexibility index (Phi) is 3.31. The Bertz CT molecular complexity index is 342. The smallest absolute Gasteiger partial charge is 0.251 e. The molecule has 0 atom stereocenters. The van der Waals surface area contributed by atoms with Gasteiger partial charge in [-0.3, -0.25) is 4.39 Å². The number of alkyl halides is 4. The molecule has 0 unspecified atom stereocenters. The molecule has 1 heterocycles. The zero-order valence-electron chi connectivity index (χ0n) is 8.47. The summed E-state index contributed by atoms with van der Waals surface area (Å²) in [5.74, 6) is -0.602. The highest BCUT2D eigenvalue weighted by Gasteiger charge is 2.44. The van der Waals surface area contributed by atoms with Crippen LogP contribution >= 0.6 is 0 Å². The van der Waals surface area contributed by atoms with E-state index in [1.165, 1.54) is 18.7 Å². The number of aromatic nitrogens is 3. The summed E-state index contributed by atoms with van der Waals surface area (Å²) in [6.45, 7) is 1.11. The molecule has 86 valence electrons. The lowest BCUT2D eigenvalue weighted by molar-refractivity contribution is -0.697. The van der Waals surface area contributed by atoms with Gasteiger partial charge in [-0.05, 0) is 0 Å². The van der Waals surface area contributed by atoms with Crippen LogP contribution in [0.15, 0.2) is 0 Å². The van der Waals surface area contributed by atoms with Crippen LogP contribution < -0.4 is 4.57 Å². The van der Waals surface area contributed by atoms with Crippen LogP contribution in [0.1, 0.15) is 18.1 Å². The van der Waals surface area contributed by atoms with Crippen molar-refractivity contribution in [1.29, 1.82) is 0 Å². The fourth-order valence-corrected chi connectivity index (χ4v) is 1.25. The van der Waals surface area contributed by atoms with Crippen LogP contribution in [0.3, 0.4) is 0 Å². The predicted octanol–water partition coefficient (Wildman–Crippen LogP) is 1.39. The molecule has 1 aromatic heterocycles. The summed E-state index contributed by atoms with van der Waals surface area (Å²) < 4.78 is 51.2. The molecule has 7 heteroatoms. The van der Waals surface area contributed by atoms with Gasteiger partial charge in [-0.15, -0.1) is 4.68 Å². The molecule has 0 spiro atoms. The highest BCUT2D eigenvalue weighted by molar-refractivity contribution is 4.83. The number of halogens is 4. The molecule has 0 aliphatic rings. The maximum atomic E-state index is 12.4. The molecular formula is C8H12F4N3+. The van der Waals surface area contributed by atoms with Gasteiger partial charge in [0, 0.05) is 13.3 Å². The first-order valence-corrected chi connectivity index (χ1v) is 4.44. The Hall–Kier alpha value is -1.14. The summed E-state index contributed by atoms with van der Waals surface area (Å²) in [4.78, 5) is 0. The van der Waals surface area contributed by atoms with Crippen LogP contribution in [0.25, 0.3) is 0 Å². The van der Waals surface area contributed by atoms with Crippen LogP contribution in [0.4, 0.5) is 17.6 Å². The largest absolute Gasteiger partial charge is 0.485 e. The van der Waals surface area contributed by atoms with Crippen molar-refractivity contribution < 1.29 is 22.1 Å². The second kappa shape index (κ2) is 4.16. The maximum absolute atomic E-state index is 12.4. The van der Waals surface area contributed by atoms with E-state index in [0.29, 0.717) is 5.82 Å². The quantitative estimate of drug-likeness (QED) is 0.564. The lowest BCUT2D eigenvalue weighted by Gasteiger charge is -1.97.